The number of carbonyl (C=O) groups is 1. The Labute approximate surface area is 170 Å². The average molecular weight is 420 g/mol. The van der Waals surface area contributed by atoms with Gasteiger partial charge in [-0.2, -0.15) is 4.31 Å². The van der Waals surface area contributed by atoms with Crippen molar-refractivity contribution < 1.29 is 13.2 Å². The Kier molecular flexibility index (Phi) is 5.55. The number of amides is 1. The molecule has 150 valence electrons. The SMILES string of the molecule is Cc1cccc(CN2CCN3CCCN(S(=O)(=O)c4cccs4)CC3C2=O)c1. The molecule has 0 aliphatic carbocycles. The highest BCUT2D eigenvalue weighted by Gasteiger charge is 2.40. The zero-order valence-corrected chi connectivity index (χ0v) is 17.6. The Balaban J connectivity index is 1.53. The molecule has 0 bridgehead atoms. The summed E-state index contributed by atoms with van der Waals surface area (Å²) in [4.78, 5) is 17.3. The minimum absolute atomic E-state index is 0.0287. The molecule has 2 saturated heterocycles. The lowest BCUT2D eigenvalue weighted by Crippen LogP contribution is -2.59. The maximum atomic E-state index is 13.2. The summed E-state index contributed by atoms with van der Waals surface area (Å²) in [6, 6.07) is 11.2. The minimum atomic E-state index is -3.54. The van der Waals surface area contributed by atoms with Gasteiger partial charge in [-0.05, 0) is 30.4 Å². The molecule has 1 unspecified atom stereocenters. The Morgan fingerprint density at radius 2 is 1.96 bits per heavy atom. The highest BCUT2D eigenvalue weighted by Crippen LogP contribution is 2.25. The first kappa shape index (κ1) is 19.6. The molecule has 8 heteroatoms. The molecule has 0 radical (unpaired) electrons. The van der Waals surface area contributed by atoms with Crippen LogP contribution in [-0.2, 0) is 21.4 Å². The Hall–Kier alpha value is -1.74. The summed E-state index contributed by atoms with van der Waals surface area (Å²) in [5.74, 6) is 0.0287. The van der Waals surface area contributed by atoms with E-state index >= 15 is 0 Å². The van der Waals surface area contributed by atoms with Gasteiger partial charge < -0.3 is 4.90 Å². The van der Waals surface area contributed by atoms with E-state index in [0.29, 0.717) is 23.8 Å². The number of aryl methyl sites for hydroxylation is 1. The summed E-state index contributed by atoms with van der Waals surface area (Å²) >= 11 is 1.23. The number of thiophene rings is 1. The highest BCUT2D eigenvalue weighted by atomic mass is 32.2. The molecule has 1 aromatic carbocycles. The van der Waals surface area contributed by atoms with Crippen molar-refractivity contribution in [2.45, 2.75) is 30.1 Å². The summed E-state index contributed by atoms with van der Waals surface area (Å²) in [6.07, 6.45) is 0.742. The maximum Gasteiger partial charge on any atom is 0.252 e. The van der Waals surface area contributed by atoms with Gasteiger partial charge in [-0.15, -0.1) is 11.3 Å². The van der Waals surface area contributed by atoms with Crippen molar-refractivity contribution in [3.63, 3.8) is 0 Å². The molecule has 4 rings (SSSR count). The summed E-state index contributed by atoms with van der Waals surface area (Å²) in [5.41, 5.74) is 2.28. The third-order valence-electron chi connectivity index (χ3n) is 5.47. The molecule has 2 aliphatic rings. The van der Waals surface area contributed by atoms with E-state index in [1.807, 2.05) is 30.0 Å². The molecule has 0 spiro atoms. The molecule has 1 amide bonds. The first-order chi connectivity index (χ1) is 13.4. The van der Waals surface area contributed by atoms with Gasteiger partial charge in [0, 0.05) is 39.3 Å². The van der Waals surface area contributed by atoms with E-state index in [4.69, 9.17) is 0 Å². The van der Waals surface area contributed by atoms with Gasteiger partial charge in [-0.3, -0.25) is 9.69 Å². The van der Waals surface area contributed by atoms with Crippen LogP contribution in [0, 0.1) is 6.92 Å². The minimum Gasteiger partial charge on any atom is -0.336 e. The van der Waals surface area contributed by atoms with Crippen LogP contribution < -0.4 is 0 Å². The number of nitrogens with zero attached hydrogens (tertiary/aromatic N) is 3. The fraction of sp³-hybridized carbons (Fsp3) is 0.450. The van der Waals surface area contributed by atoms with Crippen molar-refractivity contribution in [3.05, 3.63) is 52.9 Å². The van der Waals surface area contributed by atoms with Crippen molar-refractivity contribution >= 4 is 27.3 Å². The van der Waals surface area contributed by atoms with E-state index < -0.39 is 16.1 Å². The Morgan fingerprint density at radius 3 is 2.71 bits per heavy atom. The van der Waals surface area contributed by atoms with Crippen molar-refractivity contribution in [2.75, 3.05) is 32.7 Å². The standard InChI is InChI=1S/C20H25N3O3S2/c1-16-5-2-6-17(13-16)14-22-11-10-21-8-4-9-23(15-18(21)20(22)24)28(25,26)19-7-3-12-27-19/h2-3,5-7,12-13,18H,4,8-11,14-15H2,1H3. The van der Waals surface area contributed by atoms with Crippen LogP contribution in [0.5, 0.6) is 0 Å². The fourth-order valence-electron chi connectivity index (χ4n) is 4.02. The molecule has 0 N–H and O–H groups in total. The molecule has 2 fully saturated rings. The van der Waals surface area contributed by atoms with Crippen molar-refractivity contribution in [2.24, 2.45) is 0 Å². The van der Waals surface area contributed by atoms with Crippen molar-refractivity contribution in [1.82, 2.24) is 14.1 Å². The number of rotatable bonds is 4. The maximum absolute atomic E-state index is 13.2. The zero-order chi connectivity index (χ0) is 19.7. The lowest BCUT2D eigenvalue weighted by atomic mass is 10.1. The van der Waals surface area contributed by atoms with E-state index in [-0.39, 0.29) is 12.5 Å². The largest absolute Gasteiger partial charge is 0.336 e. The summed E-state index contributed by atoms with van der Waals surface area (Å²) in [5, 5.41) is 1.77. The topological polar surface area (TPSA) is 60.9 Å². The molecule has 1 atom stereocenters. The van der Waals surface area contributed by atoms with Crippen LogP contribution in [0.1, 0.15) is 17.5 Å². The van der Waals surface area contributed by atoms with Gasteiger partial charge in [-0.1, -0.05) is 35.9 Å². The molecule has 3 heterocycles. The molecule has 6 nitrogen and oxygen atoms in total. The summed E-state index contributed by atoms with van der Waals surface area (Å²) in [7, 11) is -3.54. The third-order valence-corrected chi connectivity index (χ3v) is 8.71. The zero-order valence-electron chi connectivity index (χ0n) is 16.0. The van der Waals surface area contributed by atoms with E-state index in [0.717, 1.165) is 25.1 Å². The van der Waals surface area contributed by atoms with Gasteiger partial charge in [0.25, 0.3) is 10.0 Å². The monoisotopic (exact) mass is 419 g/mol. The van der Waals surface area contributed by atoms with Crippen molar-refractivity contribution in [3.8, 4) is 0 Å². The van der Waals surface area contributed by atoms with E-state index in [9.17, 15) is 13.2 Å². The molecule has 2 aliphatic heterocycles. The summed E-state index contributed by atoms with van der Waals surface area (Å²) in [6.45, 7) is 5.52. The predicted molar refractivity (Wildman–Crippen MR) is 110 cm³/mol. The van der Waals surface area contributed by atoms with Crippen LogP contribution in [-0.4, -0.2) is 67.2 Å². The van der Waals surface area contributed by atoms with Gasteiger partial charge in [-0.25, -0.2) is 8.42 Å². The number of piperazine rings is 1. The average Bonchev–Trinajstić information content (AvgIpc) is 3.12. The first-order valence-corrected chi connectivity index (χ1v) is 11.9. The normalized spacial score (nSPS) is 22.1. The van der Waals surface area contributed by atoms with Crippen LogP contribution >= 0.6 is 11.3 Å². The third kappa shape index (κ3) is 3.87. The smallest absolute Gasteiger partial charge is 0.252 e. The lowest BCUT2D eigenvalue weighted by molar-refractivity contribution is -0.142. The molecule has 1 aromatic heterocycles. The second-order valence-electron chi connectivity index (χ2n) is 7.45. The van der Waals surface area contributed by atoms with E-state index in [2.05, 4.69) is 11.0 Å². The number of sulfonamides is 1. The van der Waals surface area contributed by atoms with Crippen molar-refractivity contribution in [1.29, 1.82) is 0 Å². The predicted octanol–water partition coefficient (Wildman–Crippen LogP) is 2.16. The quantitative estimate of drug-likeness (QED) is 0.762. The van der Waals surface area contributed by atoms with Crippen LogP contribution in [0.2, 0.25) is 0 Å². The van der Waals surface area contributed by atoms with Crippen LogP contribution in [0.25, 0.3) is 0 Å². The number of hydrogen-bond donors (Lipinski definition) is 0. The van der Waals surface area contributed by atoms with Gasteiger partial charge in [0.05, 0.1) is 0 Å². The molecule has 2 aromatic rings. The fourth-order valence-corrected chi connectivity index (χ4v) is 6.65. The highest BCUT2D eigenvalue weighted by molar-refractivity contribution is 7.91. The number of fused-ring (bicyclic) bond motifs is 1. The van der Waals surface area contributed by atoms with Gasteiger partial charge >= 0.3 is 0 Å². The van der Waals surface area contributed by atoms with E-state index in [1.165, 1.54) is 21.2 Å². The molecule has 0 saturated carbocycles. The van der Waals surface area contributed by atoms with Gasteiger partial charge in [0.15, 0.2) is 0 Å². The van der Waals surface area contributed by atoms with E-state index in [1.54, 1.807) is 17.5 Å². The second kappa shape index (κ2) is 7.94. The van der Waals surface area contributed by atoms with Crippen LogP contribution in [0.4, 0.5) is 0 Å². The second-order valence-corrected chi connectivity index (χ2v) is 10.6. The molecular weight excluding hydrogens is 394 g/mol. The Bertz CT molecular complexity index is 943. The van der Waals surface area contributed by atoms with Gasteiger partial charge in [0.2, 0.25) is 5.91 Å². The van der Waals surface area contributed by atoms with Crippen LogP contribution in [0.15, 0.2) is 46.0 Å². The lowest BCUT2D eigenvalue weighted by Gasteiger charge is -2.40. The van der Waals surface area contributed by atoms with Crippen LogP contribution in [0.3, 0.4) is 0 Å². The Morgan fingerprint density at radius 1 is 1.11 bits per heavy atom. The number of hydrogen-bond acceptors (Lipinski definition) is 5. The first-order valence-electron chi connectivity index (χ1n) is 9.57. The molecule has 28 heavy (non-hydrogen) atoms. The summed E-state index contributed by atoms with van der Waals surface area (Å²) < 4.78 is 27.8. The number of benzene rings is 1. The number of carbonyl (C=O) groups excluding carboxylic acids is 1. The molecular formula is C20H25N3O3S2. The van der Waals surface area contributed by atoms with Gasteiger partial charge in [0.1, 0.15) is 10.3 Å².